The highest BCUT2D eigenvalue weighted by Gasteiger charge is 2.76. The van der Waals surface area contributed by atoms with Gasteiger partial charge in [0.15, 0.2) is 11.8 Å². The maximum absolute atomic E-state index is 15.5. The quantitative estimate of drug-likeness (QED) is 0.119. The van der Waals surface area contributed by atoms with Gasteiger partial charge in [-0.2, -0.15) is 5.06 Å². The van der Waals surface area contributed by atoms with E-state index in [1.54, 1.807) is 32.3 Å². The molecule has 3 amide bonds. The van der Waals surface area contributed by atoms with E-state index in [1.165, 1.54) is 15.9 Å². The van der Waals surface area contributed by atoms with E-state index in [9.17, 15) is 19.5 Å². The van der Waals surface area contributed by atoms with Gasteiger partial charge in [-0.1, -0.05) is 94.1 Å². The van der Waals surface area contributed by atoms with E-state index < -0.39 is 65.5 Å². The summed E-state index contributed by atoms with van der Waals surface area (Å²) in [6, 6.07) is 14.9. The molecular weight excluding hydrogens is 729 g/mol. The Morgan fingerprint density at radius 2 is 1.60 bits per heavy atom. The van der Waals surface area contributed by atoms with Gasteiger partial charge in [0.25, 0.3) is 0 Å². The number of rotatable bonds is 19. The van der Waals surface area contributed by atoms with Crippen molar-refractivity contribution in [2.75, 3.05) is 34.3 Å². The van der Waals surface area contributed by atoms with Gasteiger partial charge in [-0.15, -0.1) is 0 Å². The second-order valence-corrected chi connectivity index (χ2v) is 16.2. The van der Waals surface area contributed by atoms with Crippen molar-refractivity contribution in [3.63, 3.8) is 0 Å². The monoisotopic (exact) mass is 788 g/mol. The number of nitrogens with zero attached hydrogens (tertiary/aromatic N) is 3. The van der Waals surface area contributed by atoms with E-state index >= 15 is 4.79 Å². The summed E-state index contributed by atoms with van der Waals surface area (Å²) in [4.78, 5) is 65.6. The van der Waals surface area contributed by atoms with Crippen LogP contribution in [0.4, 0.5) is 0 Å². The summed E-state index contributed by atoms with van der Waals surface area (Å²) in [6.07, 6.45) is 7.80. The van der Waals surface area contributed by atoms with E-state index in [1.807, 2.05) is 54.6 Å². The molecule has 7 atom stereocenters. The van der Waals surface area contributed by atoms with Crippen LogP contribution in [0, 0.1) is 5.41 Å². The first-order valence-electron chi connectivity index (χ1n) is 20.6. The average Bonchev–Trinajstić information content (AvgIpc) is 3.77. The summed E-state index contributed by atoms with van der Waals surface area (Å²) in [5.41, 5.74) is 1.02. The molecule has 1 saturated carbocycles. The van der Waals surface area contributed by atoms with Crippen molar-refractivity contribution in [2.24, 2.45) is 5.41 Å². The summed E-state index contributed by atoms with van der Waals surface area (Å²) in [7, 11) is 4.99. The molecule has 3 heterocycles. The Morgan fingerprint density at radius 1 is 0.930 bits per heavy atom. The molecule has 1 aliphatic carbocycles. The highest BCUT2D eigenvalue weighted by atomic mass is 16.8. The molecule has 0 unspecified atom stereocenters. The van der Waals surface area contributed by atoms with Crippen molar-refractivity contribution in [1.29, 1.82) is 0 Å². The SMILES string of the molecule is CCCCCC1(CCCCC)O[C@@H]2[C@H](O1)[C@H]1ON(Cc3ccc(C=CC(=O)N(C)C)cc3)[C@H]3C(=O)O[C@@H]2C[C@@]13C(=O)N(C)[C@H](Cc1ccccc1)C(=O)NCCO. The fourth-order valence-corrected chi connectivity index (χ4v) is 8.92. The van der Waals surface area contributed by atoms with Gasteiger partial charge in [-0.25, -0.2) is 0 Å². The third-order valence-corrected chi connectivity index (χ3v) is 11.9. The summed E-state index contributed by atoms with van der Waals surface area (Å²) < 4.78 is 20.2. The number of hydrogen-bond acceptors (Lipinski definition) is 10. The predicted octanol–water partition coefficient (Wildman–Crippen LogP) is 4.41. The zero-order valence-electron chi connectivity index (χ0n) is 34.1. The molecule has 310 valence electrons. The maximum Gasteiger partial charge on any atom is 0.327 e. The number of hydroxylamine groups is 2. The topological polar surface area (TPSA) is 147 Å². The molecule has 13 nitrogen and oxygen atoms in total. The highest BCUT2D eigenvalue weighted by Crippen LogP contribution is 2.58. The lowest BCUT2D eigenvalue weighted by atomic mass is 9.62. The van der Waals surface area contributed by atoms with Crippen molar-refractivity contribution >= 4 is 29.8 Å². The van der Waals surface area contributed by atoms with Crippen LogP contribution in [-0.4, -0.2) is 120 Å². The third-order valence-electron chi connectivity index (χ3n) is 11.9. The number of amides is 3. The van der Waals surface area contributed by atoms with Crippen LogP contribution in [0.1, 0.15) is 88.3 Å². The number of likely N-dealkylation sites (N-methyl/N-ethyl adjacent to an activating group) is 2. The van der Waals surface area contributed by atoms with Gasteiger partial charge in [-0.05, 0) is 35.6 Å². The van der Waals surface area contributed by atoms with E-state index in [-0.39, 0.29) is 38.4 Å². The Bertz CT molecular complexity index is 1730. The molecule has 2 N–H and O–H groups in total. The zero-order chi connectivity index (χ0) is 40.7. The van der Waals surface area contributed by atoms with Gasteiger partial charge < -0.3 is 34.4 Å². The van der Waals surface area contributed by atoms with Gasteiger partial charge >= 0.3 is 5.97 Å². The molecule has 2 aromatic rings. The lowest BCUT2D eigenvalue weighted by molar-refractivity contribution is -0.225. The van der Waals surface area contributed by atoms with Crippen molar-refractivity contribution < 1.29 is 43.3 Å². The number of benzene rings is 2. The molecule has 2 aromatic carbocycles. The largest absolute Gasteiger partial charge is 0.458 e. The molecule has 3 saturated heterocycles. The molecule has 4 aliphatic rings. The Hall–Kier alpha value is -4.14. The molecule has 0 aromatic heterocycles. The summed E-state index contributed by atoms with van der Waals surface area (Å²) >= 11 is 0. The number of ether oxygens (including phenoxy) is 3. The fraction of sp³-hybridized carbons (Fsp3) is 0.591. The number of aliphatic hydroxyl groups excluding tert-OH is 1. The van der Waals surface area contributed by atoms with Crippen molar-refractivity contribution in [3.8, 4) is 0 Å². The van der Waals surface area contributed by atoms with Crippen LogP contribution in [0.2, 0.25) is 0 Å². The molecule has 3 aliphatic heterocycles. The van der Waals surface area contributed by atoms with Gasteiger partial charge in [0.05, 0.1) is 13.2 Å². The van der Waals surface area contributed by atoms with Crippen LogP contribution >= 0.6 is 0 Å². The van der Waals surface area contributed by atoms with Crippen LogP contribution in [0.25, 0.3) is 6.08 Å². The molecule has 57 heavy (non-hydrogen) atoms. The minimum absolute atomic E-state index is 0.0292. The molecular formula is C44H60N4O9. The fourth-order valence-electron chi connectivity index (χ4n) is 8.92. The van der Waals surface area contributed by atoms with Crippen LogP contribution in [0.5, 0.6) is 0 Å². The van der Waals surface area contributed by atoms with Crippen LogP contribution < -0.4 is 5.32 Å². The molecule has 0 spiro atoms. The van der Waals surface area contributed by atoms with E-state index in [2.05, 4.69) is 19.2 Å². The van der Waals surface area contributed by atoms with Crippen molar-refractivity contribution in [3.05, 3.63) is 77.4 Å². The Labute approximate surface area is 336 Å². The highest BCUT2D eigenvalue weighted by molar-refractivity contribution is 5.96. The number of fused-ring (bicyclic) bond motifs is 4. The maximum atomic E-state index is 15.5. The normalized spacial score (nSPS) is 26.5. The van der Waals surface area contributed by atoms with Gasteiger partial charge in [0.1, 0.15) is 35.9 Å². The first kappa shape index (κ1) is 42.5. The lowest BCUT2D eigenvalue weighted by Crippen LogP contribution is -2.70. The smallest absolute Gasteiger partial charge is 0.327 e. The Kier molecular flexibility index (Phi) is 13.9. The average molecular weight is 789 g/mol. The molecule has 6 rings (SSSR count). The summed E-state index contributed by atoms with van der Waals surface area (Å²) in [6.45, 7) is 4.24. The van der Waals surface area contributed by atoms with Crippen LogP contribution in [-0.2, 0) is 51.2 Å². The molecule has 2 bridgehead atoms. The van der Waals surface area contributed by atoms with Crippen LogP contribution in [0.15, 0.2) is 60.7 Å². The molecule has 13 heteroatoms. The van der Waals surface area contributed by atoms with Crippen molar-refractivity contribution in [1.82, 2.24) is 20.2 Å². The second-order valence-electron chi connectivity index (χ2n) is 16.2. The first-order chi connectivity index (χ1) is 27.5. The molecule has 0 radical (unpaired) electrons. The van der Waals surface area contributed by atoms with Crippen LogP contribution in [0.3, 0.4) is 0 Å². The number of esters is 1. The first-order valence-corrected chi connectivity index (χ1v) is 20.6. The van der Waals surface area contributed by atoms with E-state index in [0.717, 1.165) is 55.2 Å². The van der Waals surface area contributed by atoms with Gasteiger partial charge in [0.2, 0.25) is 17.7 Å². The number of hydrogen-bond donors (Lipinski definition) is 2. The number of nitrogens with one attached hydrogen (secondary N) is 1. The lowest BCUT2D eigenvalue weighted by Gasteiger charge is -2.50. The minimum Gasteiger partial charge on any atom is -0.458 e. The Morgan fingerprint density at radius 3 is 2.23 bits per heavy atom. The number of carbonyl (C=O) groups is 4. The number of unbranched alkanes of at least 4 members (excludes halogenated alkanes) is 4. The predicted molar refractivity (Wildman–Crippen MR) is 213 cm³/mol. The number of aliphatic hydroxyl groups is 1. The van der Waals surface area contributed by atoms with Gasteiger partial charge in [0, 0.05) is 59.4 Å². The van der Waals surface area contributed by atoms with E-state index in [4.69, 9.17) is 19.0 Å². The second kappa shape index (κ2) is 18.6. The Balaban J connectivity index is 1.37. The standard InChI is InChI=1S/C44H60N4O9/c1-6-8-13-23-43(24-14-9-7-2)55-36-34-28-44(42(53)47(5)33(40(51)45-25-26-49)27-31-15-11-10-12-16-31)38(41(52)54-34)48(57-39(44)37(36)56-43)29-32-19-17-30(18-20-32)21-22-35(50)46(3)4/h10-12,15-22,33-34,36-39,49H,6-9,13-14,23-29H2,1-5H3,(H,45,51)/t33-,34-,36+,37+,38+,39-,44+/m1/s1. The van der Waals surface area contributed by atoms with Crippen molar-refractivity contribution in [2.45, 2.75) is 127 Å². The molecule has 4 fully saturated rings. The third kappa shape index (κ3) is 8.97. The zero-order valence-corrected chi connectivity index (χ0v) is 34.1. The van der Waals surface area contributed by atoms with E-state index in [0.29, 0.717) is 12.8 Å². The summed E-state index contributed by atoms with van der Waals surface area (Å²) in [5, 5.41) is 13.9. The van der Waals surface area contributed by atoms with Gasteiger partial charge in [-0.3, -0.25) is 24.0 Å². The number of carbonyl (C=O) groups excluding carboxylic acids is 4. The minimum atomic E-state index is -1.47. The summed E-state index contributed by atoms with van der Waals surface area (Å²) in [5.74, 6) is -2.46.